The fourth-order valence-electron chi connectivity index (χ4n) is 2.77. The molecule has 0 N–H and O–H groups in total. The Kier molecular flexibility index (Phi) is 3.79. The standard InChI is InChI=1S/C13H23NO/c1-2-14(9-11-5-3-6-11)10-12-7-4-8-13(12)15/h11-12H,2-10H2,1H3. The Labute approximate surface area is 93.0 Å². The highest BCUT2D eigenvalue weighted by Crippen LogP contribution is 2.28. The fourth-order valence-corrected chi connectivity index (χ4v) is 2.77. The van der Waals surface area contributed by atoms with Gasteiger partial charge in [0, 0.05) is 25.4 Å². The zero-order valence-electron chi connectivity index (χ0n) is 9.87. The molecule has 86 valence electrons. The molecule has 2 rings (SSSR count). The minimum absolute atomic E-state index is 0.366. The van der Waals surface area contributed by atoms with Crippen LogP contribution in [0.2, 0.25) is 0 Å². The first-order chi connectivity index (χ1) is 7.29. The van der Waals surface area contributed by atoms with E-state index in [4.69, 9.17) is 0 Å². The Morgan fingerprint density at radius 2 is 2.00 bits per heavy atom. The molecule has 0 radical (unpaired) electrons. The lowest BCUT2D eigenvalue weighted by molar-refractivity contribution is -0.121. The summed E-state index contributed by atoms with van der Waals surface area (Å²) in [5.41, 5.74) is 0. The topological polar surface area (TPSA) is 20.3 Å². The molecule has 1 atom stereocenters. The zero-order valence-corrected chi connectivity index (χ0v) is 9.87. The maximum Gasteiger partial charge on any atom is 0.137 e. The van der Waals surface area contributed by atoms with Crippen molar-refractivity contribution >= 4 is 5.78 Å². The average molecular weight is 209 g/mol. The molecule has 0 aliphatic heterocycles. The van der Waals surface area contributed by atoms with Crippen molar-refractivity contribution in [1.82, 2.24) is 4.90 Å². The van der Waals surface area contributed by atoms with Crippen molar-refractivity contribution in [3.63, 3.8) is 0 Å². The van der Waals surface area contributed by atoms with Gasteiger partial charge in [0.2, 0.25) is 0 Å². The number of carbonyl (C=O) groups is 1. The highest BCUT2D eigenvalue weighted by molar-refractivity contribution is 5.83. The van der Waals surface area contributed by atoms with E-state index in [0.29, 0.717) is 11.7 Å². The number of Topliss-reactive ketones (excluding diaryl/α,β-unsaturated/α-hetero) is 1. The highest BCUT2D eigenvalue weighted by atomic mass is 16.1. The predicted octanol–water partition coefficient (Wildman–Crippen LogP) is 2.48. The maximum absolute atomic E-state index is 11.6. The molecular weight excluding hydrogens is 186 g/mol. The number of nitrogens with zero attached hydrogens (tertiary/aromatic N) is 1. The molecule has 0 aromatic carbocycles. The summed E-state index contributed by atoms with van der Waals surface area (Å²) in [4.78, 5) is 14.1. The molecule has 1 unspecified atom stereocenters. The van der Waals surface area contributed by atoms with Crippen LogP contribution in [-0.2, 0) is 4.79 Å². The Balaban J connectivity index is 1.76. The van der Waals surface area contributed by atoms with Crippen LogP contribution in [0.25, 0.3) is 0 Å². The second kappa shape index (κ2) is 5.11. The molecule has 2 heteroatoms. The first-order valence-electron chi connectivity index (χ1n) is 6.54. The van der Waals surface area contributed by atoms with E-state index >= 15 is 0 Å². The summed E-state index contributed by atoms with van der Waals surface area (Å²) in [6.45, 7) is 5.60. The van der Waals surface area contributed by atoms with Crippen LogP contribution in [0.4, 0.5) is 0 Å². The van der Waals surface area contributed by atoms with Gasteiger partial charge in [-0.2, -0.15) is 0 Å². The van der Waals surface area contributed by atoms with Gasteiger partial charge >= 0.3 is 0 Å². The van der Waals surface area contributed by atoms with E-state index < -0.39 is 0 Å². The summed E-state index contributed by atoms with van der Waals surface area (Å²) in [6, 6.07) is 0. The summed E-state index contributed by atoms with van der Waals surface area (Å²) in [5, 5.41) is 0. The Morgan fingerprint density at radius 1 is 1.20 bits per heavy atom. The van der Waals surface area contributed by atoms with Crippen molar-refractivity contribution in [1.29, 1.82) is 0 Å². The van der Waals surface area contributed by atoms with Crippen molar-refractivity contribution in [2.24, 2.45) is 11.8 Å². The van der Waals surface area contributed by atoms with Crippen LogP contribution in [0.1, 0.15) is 45.4 Å². The van der Waals surface area contributed by atoms with Gasteiger partial charge in [-0.05, 0) is 38.1 Å². The van der Waals surface area contributed by atoms with E-state index in [1.807, 2.05) is 0 Å². The molecule has 0 amide bonds. The molecule has 0 bridgehead atoms. The first kappa shape index (κ1) is 11.1. The van der Waals surface area contributed by atoms with Gasteiger partial charge in [-0.3, -0.25) is 4.79 Å². The van der Waals surface area contributed by atoms with Crippen LogP contribution in [-0.4, -0.2) is 30.3 Å². The molecule has 0 spiro atoms. The van der Waals surface area contributed by atoms with Crippen LogP contribution in [0.3, 0.4) is 0 Å². The third-order valence-electron chi connectivity index (χ3n) is 4.10. The summed E-state index contributed by atoms with van der Waals surface area (Å²) >= 11 is 0. The van der Waals surface area contributed by atoms with Gasteiger partial charge < -0.3 is 4.90 Å². The zero-order chi connectivity index (χ0) is 10.7. The smallest absolute Gasteiger partial charge is 0.137 e. The summed E-state index contributed by atoms with van der Waals surface area (Å²) in [7, 11) is 0. The lowest BCUT2D eigenvalue weighted by Crippen LogP contribution is -2.36. The SMILES string of the molecule is CCN(CC1CCC1)CC1CCCC1=O. The number of carbonyl (C=O) groups excluding carboxylic acids is 1. The minimum Gasteiger partial charge on any atom is -0.303 e. The fraction of sp³-hybridized carbons (Fsp3) is 0.923. The molecule has 2 aliphatic carbocycles. The monoisotopic (exact) mass is 209 g/mol. The molecule has 0 saturated heterocycles. The molecule has 15 heavy (non-hydrogen) atoms. The van der Waals surface area contributed by atoms with Gasteiger partial charge in [0.05, 0.1) is 0 Å². The number of ketones is 1. The van der Waals surface area contributed by atoms with Gasteiger partial charge in [0.15, 0.2) is 0 Å². The van der Waals surface area contributed by atoms with Crippen molar-refractivity contribution in [3.05, 3.63) is 0 Å². The third kappa shape index (κ3) is 2.81. The van der Waals surface area contributed by atoms with Gasteiger partial charge in [-0.1, -0.05) is 13.3 Å². The number of hydrogen-bond donors (Lipinski definition) is 0. The van der Waals surface area contributed by atoms with Gasteiger partial charge in [0.1, 0.15) is 5.78 Å². The van der Waals surface area contributed by atoms with E-state index in [0.717, 1.165) is 38.3 Å². The van der Waals surface area contributed by atoms with E-state index in [1.165, 1.54) is 25.8 Å². The molecule has 0 aromatic rings. The summed E-state index contributed by atoms with van der Waals surface area (Å²) in [6.07, 6.45) is 7.35. The lowest BCUT2D eigenvalue weighted by Gasteiger charge is -2.32. The van der Waals surface area contributed by atoms with E-state index in [-0.39, 0.29) is 0 Å². The van der Waals surface area contributed by atoms with Crippen LogP contribution >= 0.6 is 0 Å². The molecule has 2 fully saturated rings. The molecule has 0 aromatic heterocycles. The Bertz CT molecular complexity index is 223. The van der Waals surface area contributed by atoms with Gasteiger partial charge in [-0.25, -0.2) is 0 Å². The predicted molar refractivity (Wildman–Crippen MR) is 61.8 cm³/mol. The van der Waals surface area contributed by atoms with Gasteiger partial charge in [-0.15, -0.1) is 0 Å². The van der Waals surface area contributed by atoms with Crippen LogP contribution in [0.15, 0.2) is 0 Å². The number of hydrogen-bond acceptors (Lipinski definition) is 2. The second-order valence-electron chi connectivity index (χ2n) is 5.20. The second-order valence-corrected chi connectivity index (χ2v) is 5.20. The van der Waals surface area contributed by atoms with E-state index in [2.05, 4.69) is 11.8 Å². The number of rotatable bonds is 5. The molecule has 2 saturated carbocycles. The summed E-state index contributed by atoms with van der Waals surface area (Å²) < 4.78 is 0. The minimum atomic E-state index is 0.366. The van der Waals surface area contributed by atoms with Crippen molar-refractivity contribution in [3.8, 4) is 0 Å². The van der Waals surface area contributed by atoms with Crippen molar-refractivity contribution in [2.45, 2.75) is 45.4 Å². The van der Waals surface area contributed by atoms with E-state index in [1.54, 1.807) is 0 Å². The first-order valence-corrected chi connectivity index (χ1v) is 6.54. The van der Waals surface area contributed by atoms with Crippen LogP contribution < -0.4 is 0 Å². The largest absolute Gasteiger partial charge is 0.303 e. The Hall–Kier alpha value is -0.370. The highest BCUT2D eigenvalue weighted by Gasteiger charge is 2.27. The summed E-state index contributed by atoms with van der Waals surface area (Å²) in [5.74, 6) is 1.81. The Morgan fingerprint density at radius 3 is 2.47 bits per heavy atom. The van der Waals surface area contributed by atoms with Crippen LogP contribution in [0, 0.1) is 11.8 Å². The quantitative estimate of drug-likeness (QED) is 0.693. The maximum atomic E-state index is 11.6. The van der Waals surface area contributed by atoms with Crippen LogP contribution in [0.5, 0.6) is 0 Å². The molecule has 2 aliphatic rings. The van der Waals surface area contributed by atoms with E-state index in [9.17, 15) is 4.79 Å². The van der Waals surface area contributed by atoms with Crippen molar-refractivity contribution in [2.75, 3.05) is 19.6 Å². The average Bonchev–Trinajstić information content (AvgIpc) is 2.56. The third-order valence-corrected chi connectivity index (χ3v) is 4.10. The molecule has 0 heterocycles. The molecule has 2 nitrogen and oxygen atoms in total. The molecular formula is C13H23NO. The normalized spacial score (nSPS) is 27.3. The lowest BCUT2D eigenvalue weighted by atomic mass is 9.85. The van der Waals surface area contributed by atoms with Gasteiger partial charge in [0.25, 0.3) is 0 Å². The van der Waals surface area contributed by atoms with Crippen molar-refractivity contribution < 1.29 is 4.79 Å².